The van der Waals surface area contributed by atoms with E-state index in [0.29, 0.717) is 31.6 Å². The van der Waals surface area contributed by atoms with Crippen molar-refractivity contribution in [2.45, 2.75) is 32.6 Å². The Morgan fingerprint density at radius 2 is 1.71 bits per heavy atom. The van der Waals surface area contributed by atoms with Crippen LogP contribution < -0.4 is 0 Å². The zero-order valence-corrected chi connectivity index (χ0v) is 10.0. The van der Waals surface area contributed by atoms with Gasteiger partial charge in [-0.3, -0.25) is 0 Å². The average Bonchev–Trinajstić information content (AvgIpc) is 2.09. The van der Waals surface area contributed by atoms with Gasteiger partial charge in [-0.1, -0.05) is 0 Å². The number of hydrogen-bond acceptors (Lipinski definition) is 3. The van der Waals surface area contributed by atoms with Gasteiger partial charge in [0.05, 0.1) is 11.5 Å². The molecule has 0 aliphatic heterocycles. The van der Waals surface area contributed by atoms with E-state index >= 15 is 0 Å². The van der Waals surface area contributed by atoms with Crippen LogP contribution in [0.5, 0.6) is 0 Å². The number of Topliss-reactive ketones (excluding diaryl/α,β-unsaturated/α-hetero) is 1. The molecule has 0 saturated heterocycles. The predicted molar refractivity (Wildman–Crippen MR) is 58.5 cm³/mol. The number of halogens is 1. The van der Waals surface area contributed by atoms with Gasteiger partial charge in [-0.15, -0.1) is 11.6 Å². The first-order chi connectivity index (χ1) is 6.48. The second-order valence-electron chi connectivity index (χ2n) is 3.35. The first kappa shape index (κ1) is 13.9. The maximum absolute atomic E-state index is 11.3. The number of hydrogen-bond donors (Lipinski definition) is 0. The molecule has 0 N–H and O–H groups in total. The lowest BCUT2D eigenvalue weighted by atomic mass is 10.2. The molecule has 0 aliphatic rings. The molecule has 0 unspecified atom stereocenters. The van der Waals surface area contributed by atoms with Crippen LogP contribution in [0.4, 0.5) is 0 Å². The number of sulfone groups is 1. The third-order valence-corrected chi connectivity index (χ3v) is 3.91. The normalized spacial score (nSPS) is 11.6. The summed E-state index contributed by atoms with van der Waals surface area (Å²) in [7, 11) is -2.94. The number of rotatable bonds is 8. The maximum Gasteiger partial charge on any atom is 0.150 e. The molecular weight excluding hydrogens is 224 g/mol. The lowest BCUT2D eigenvalue weighted by molar-refractivity contribution is -0.117. The molecule has 0 spiro atoms. The molecule has 84 valence electrons. The Morgan fingerprint density at radius 3 is 2.21 bits per heavy atom. The second-order valence-corrected chi connectivity index (χ2v) is 6.04. The lowest BCUT2D eigenvalue weighted by Gasteiger charge is -2.01. The number of carbonyl (C=O) groups is 1. The van der Waals surface area contributed by atoms with Crippen LogP contribution >= 0.6 is 11.6 Å². The summed E-state index contributed by atoms with van der Waals surface area (Å²) in [5, 5.41) is 0. The van der Waals surface area contributed by atoms with Crippen molar-refractivity contribution in [2.75, 3.05) is 17.4 Å². The molecule has 0 atom stereocenters. The van der Waals surface area contributed by atoms with E-state index in [1.807, 2.05) is 0 Å². The molecule has 0 aromatic heterocycles. The summed E-state index contributed by atoms with van der Waals surface area (Å²) in [4.78, 5) is 10.6. The number of ketones is 1. The molecule has 0 bridgehead atoms. The van der Waals surface area contributed by atoms with Gasteiger partial charge in [0, 0.05) is 12.3 Å². The van der Waals surface area contributed by atoms with Crippen molar-refractivity contribution in [1.29, 1.82) is 0 Å². The molecule has 0 fully saturated rings. The van der Waals surface area contributed by atoms with E-state index in [-0.39, 0.29) is 17.3 Å². The van der Waals surface area contributed by atoms with Crippen LogP contribution in [0, 0.1) is 0 Å². The van der Waals surface area contributed by atoms with E-state index < -0.39 is 9.84 Å². The highest BCUT2D eigenvalue weighted by atomic mass is 35.5. The summed E-state index contributed by atoms with van der Waals surface area (Å²) in [5.41, 5.74) is 0. The van der Waals surface area contributed by atoms with Crippen molar-refractivity contribution in [1.82, 2.24) is 0 Å². The Bertz CT molecular complexity index is 259. The van der Waals surface area contributed by atoms with Gasteiger partial charge in [0.1, 0.15) is 15.6 Å². The van der Waals surface area contributed by atoms with E-state index in [1.54, 1.807) is 0 Å². The molecule has 0 radical (unpaired) electrons. The Morgan fingerprint density at radius 1 is 1.14 bits per heavy atom. The van der Waals surface area contributed by atoms with Crippen LogP contribution in [0.1, 0.15) is 32.6 Å². The van der Waals surface area contributed by atoms with Gasteiger partial charge in [-0.05, 0) is 26.2 Å². The molecule has 5 heteroatoms. The van der Waals surface area contributed by atoms with Gasteiger partial charge in [0.2, 0.25) is 0 Å². The molecular formula is C9H17ClO3S. The summed E-state index contributed by atoms with van der Waals surface area (Å²) in [6.45, 7) is 1.52. The molecule has 3 nitrogen and oxygen atoms in total. The molecule has 0 saturated carbocycles. The van der Waals surface area contributed by atoms with Crippen molar-refractivity contribution >= 4 is 27.2 Å². The van der Waals surface area contributed by atoms with Crippen LogP contribution in [0.25, 0.3) is 0 Å². The zero-order chi connectivity index (χ0) is 11.0. The first-order valence-electron chi connectivity index (χ1n) is 4.74. The predicted octanol–water partition coefficient (Wildman–Crippen LogP) is 1.79. The van der Waals surface area contributed by atoms with Crippen LogP contribution in [0.3, 0.4) is 0 Å². The SMILES string of the molecule is CC(=O)CCCCS(=O)(=O)CCCCl. The van der Waals surface area contributed by atoms with Crippen LogP contribution in [0.15, 0.2) is 0 Å². The topological polar surface area (TPSA) is 51.2 Å². The largest absolute Gasteiger partial charge is 0.300 e. The Balaban J connectivity index is 3.61. The van der Waals surface area contributed by atoms with Crippen LogP contribution in [0.2, 0.25) is 0 Å². The first-order valence-corrected chi connectivity index (χ1v) is 7.09. The van der Waals surface area contributed by atoms with E-state index in [0.717, 1.165) is 0 Å². The van der Waals surface area contributed by atoms with Crippen molar-refractivity contribution in [2.24, 2.45) is 0 Å². The minimum atomic E-state index is -2.94. The van der Waals surface area contributed by atoms with Crippen molar-refractivity contribution < 1.29 is 13.2 Å². The fraction of sp³-hybridized carbons (Fsp3) is 0.889. The van der Waals surface area contributed by atoms with Gasteiger partial charge in [0.25, 0.3) is 0 Å². The Hall–Kier alpha value is -0.0900. The van der Waals surface area contributed by atoms with Crippen LogP contribution in [-0.2, 0) is 14.6 Å². The van der Waals surface area contributed by atoms with Crippen LogP contribution in [-0.4, -0.2) is 31.6 Å². The summed E-state index contributed by atoms with van der Waals surface area (Å²) >= 11 is 5.40. The van der Waals surface area contributed by atoms with E-state index in [9.17, 15) is 13.2 Å². The monoisotopic (exact) mass is 240 g/mol. The summed E-state index contributed by atoms with van der Waals surface area (Å²) in [6.07, 6.45) is 2.22. The average molecular weight is 241 g/mol. The van der Waals surface area contributed by atoms with Crippen molar-refractivity contribution in [3.8, 4) is 0 Å². The van der Waals surface area contributed by atoms with Crippen molar-refractivity contribution in [3.05, 3.63) is 0 Å². The Labute approximate surface area is 90.7 Å². The second kappa shape index (κ2) is 7.23. The Kier molecular flexibility index (Phi) is 7.19. The van der Waals surface area contributed by atoms with Crippen molar-refractivity contribution in [3.63, 3.8) is 0 Å². The minimum Gasteiger partial charge on any atom is -0.300 e. The molecule has 14 heavy (non-hydrogen) atoms. The van der Waals surface area contributed by atoms with Gasteiger partial charge in [0.15, 0.2) is 0 Å². The number of alkyl halides is 1. The molecule has 0 aliphatic carbocycles. The molecule has 0 aromatic carbocycles. The highest BCUT2D eigenvalue weighted by Gasteiger charge is 2.09. The van der Waals surface area contributed by atoms with E-state index in [4.69, 9.17) is 11.6 Å². The zero-order valence-electron chi connectivity index (χ0n) is 8.46. The maximum atomic E-state index is 11.3. The van der Waals surface area contributed by atoms with E-state index in [2.05, 4.69) is 0 Å². The summed E-state index contributed by atoms with van der Waals surface area (Å²) in [5.74, 6) is 0.837. The number of carbonyl (C=O) groups excluding carboxylic acids is 1. The van der Waals surface area contributed by atoms with Gasteiger partial charge in [-0.2, -0.15) is 0 Å². The van der Waals surface area contributed by atoms with Gasteiger partial charge < -0.3 is 4.79 Å². The standard InChI is InChI=1S/C9H17ClO3S/c1-9(11)5-2-3-7-14(12,13)8-4-6-10/h2-8H2,1H3. The van der Waals surface area contributed by atoms with E-state index in [1.165, 1.54) is 6.92 Å². The highest BCUT2D eigenvalue weighted by Crippen LogP contribution is 2.03. The molecule has 0 aromatic rings. The number of unbranched alkanes of at least 4 members (excludes halogenated alkanes) is 1. The summed E-state index contributed by atoms with van der Waals surface area (Å²) < 4.78 is 22.6. The fourth-order valence-corrected chi connectivity index (χ4v) is 2.80. The third-order valence-electron chi connectivity index (χ3n) is 1.82. The molecule has 0 heterocycles. The van der Waals surface area contributed by atoms with Gasteiger partial charge >= 0.3 is 0 Å². The third kappa shape index (κ3) is 8.51. The molecule has 0 rings (SSSR count). The smallest absolute Gasteiger partial charge is 0.150 e. The lowest BCUT2D eigenvalue weighted by Crippen LogP contribution is -2.11. The quantitative estimate of drug-likeness (QED) is 0.480. The fourth-order valence-electron chi connectivity index (χ4n) is 1.07. The summed E-state index contributed by atoms with van der Waals surface area (Å²) in [6, 6.07) is 0. The van der Waals surface area contributed by atoms with Gasteiger partial charge in [-0.25, -0.2) is 8.42 Å². The molecule has 0 amide bonds. The highest BCUT2D eigenvalue weighted by molar-refractivity contribution is 7.91. The minimum absolute atomic E-state index is 0.114.